The maximum atomic E-state index is 15.2. The average molecular weight is 612 g/mol. The molecule has 41 heavy (non-hydrogen) atoms. The topological polar surface area (TPSA) is 255 Å². The van der Waals surface area contributed by atoms with Crippen LogP contribution < -0.4 is 11.4 Å². The van der Waals surface area contributed by atoms with Crippen LogP contribution in [-0.4, -0.2) is 83.8 Å². The molecule has 1 aliphatic heterocycles. The van der Waals surface area contributed by atoms with Crippen LogP contribution in [-0.2, 0) is 41.8 Å². The van der Waals surface area contributed by atoms with Crippen LogP contribution >= 0.6 is 7.82 Å². The molecule has 1 fully saturated rings. The zero-order chi connectivity index (χ0) is 30.8. The highest BCUT2D eigenvalue weighted by Crippen LogP contribution is 2.51. The summed E-state index contributed by atoms with van der Waals surface area (Å²) in [6.45, 7) is 2.15. The van der Waals surface area contributed by atoms with Gasteiger partial charge in [-0.05, 0) is 39.3 Å². The third kappa shape index (κ3) is 9.82. The second-order valence-corrected chi connectivity index (χ2v) is 10.4. The molecule has 0 spiro atoms. The number of rotatable bonds is 14. The van der Waals surface area contributed by atoms with Crippen molar-refractivity contribution in [3.63, 3.8) is 0 Å². The smallest absolute Gasteiger partial charge is 0.432 e. The molecular weight excluding hydrogens is 582 g/mol. The van der Waals surface area contributed by atoms with Crippen LogP contribution in [0.4, 0.5) is 19.8 Å². The number of anilines is 1. The van der Waals surface area contributed by atoms with Gasteiger partial charge in [0.1, 0.15) is 17.5 Å². The molecule has 1 saturated heterocycles. The molecule has 4 atom stereocenters. The lowest BCUT2D eigenvalue weighted by Crippen LogP contribution is -2.48. The second-order valence-electron chi connectivity index (χ2n) is 8.73. The van der Waals surface area contributed by atoms with Crippen molar-refractivity contribution in [1.82, 2.24) is 9.55 Å². The molecule has 1 aromatic rings. The highest BCUT2D eigenvalue weighted by atomic mass is 31.2. The number of carbonyl (C=O) groups is 2. The lowest BCUT2D eigenvalue weighted by Gasteiger charge is -2.31. The Labute approximate surface area is 231 Å². The summed E-state index contributed by atoms with van der Waals surface area (Å²) >= 11 is 0. The fraction of sp³-hybridized carbons (Fsp3) is 0.700. The van der Waals surface area contributed by atoms with Gasteiger partial charge >= 0.3 is 25.8 Å². The molecule has 21 heteroatoms. The molecule has 3 N–H and O–H groups in total. The van der Waals surface area contributed by atoms with Crippen LogP contribution in [0.1, 0.15) is 33.9 Å². The summed E-state index contributed by atoms with van der Waals surface area (Å²) in [5, 5.41) is 14.0. The van der Waals surface area contributed by atoms with E-state index in [0.717, 1.165) is 12.3 Å². The first-order chi connectivity index (χ1) is 19.2. The quantitative estimate of drug-likeness (QED) is 0.0763. The van der Waals surface area contributed by atoms with E-state index in [-0.39, 0.29) is 5.82 Å². The molecule has 1 aromatic heterocycles. The Balaban J connectivity index is 2.25. The Morgan fingerprint density at radius 1 is 1.22 bits per heavy atom. The number of hydrogen-bond donors (Lipinski definition) is 2. The first kappa shape index (κ1) is 33.7. The van der Waals surface area contributed by atoms with Crippen LogP contribution in [0, 0.1) is 0 Å². The number of ether oxygens (including phenoxy) is 5. The molecule has 19 nitrogen and oxygen atoms in total. The van der Waals surface area contributed by atoms with E-state index in [4.69, 9.17) is 39.0 Å². The number of azide groups is 1. The summed E-state index contributed by atoms with van der Waals surface area (Å²) in [7, 11) is -4.89. The van der Waals surface area contributed by atoms with Gasteiger partial charge in [-0.2, -0.15) is 4.98 Å². The number of carbonyl (C=O) groups excluding carboxylic acids is 2. The summed E-state index contributed by atoms with van der Waals surface area (Å²) in [4.78, 5) is 41.5. The number of hydrogen-bond acceptors (Lipinski definition) is 16. The molecule has 230 valence electrons. The van der Waals surface area contributed by atoms with Crippen molar-refractivity contribution < 1.29 is 60.9 Å². The predicted octanol–water partition coefficient (Wildman–Crippen LogP) is 2.30. The Bertz CT molecular complexity index is 1180. The highest BCUT2D eigenvalue weighted by molar-refractivity contribution is 7.48. The molecule has 0 saturated carbocycles. The summed E-state index contributed by atoms with van der Waals surface area (Å²) in [6.07, 6.45) is -8.75. The van der Waals surface area contributed by atoms with Crippen molar-refractivity contribution in [2.24, 2.45) is 5.11 Å². The number of aliphatic hydroxyl groups excluding tert-OH is 1. The normalized spacial score (nSPS) is 22.3. The van der Waals surface area contributed by atoms with E-state index in [2.05, 4.69) is 24.5 Å². The van der Waals surface area contributed by atoms with Crippen LogP contribution in [0.15, 0.2) is 22.2 Å². The Morgan fingerprint density at radius 2 is 1.78 bits per heavy atom. The molecule has 0 amide bonds. The maximum absolute atomic E-state index is 15.2. The molecule has 1 unspecified atom stereocenters. The number of nitrogens with two attached hydrogens (primary N) is 1. The van der Waals surface area contributed by atoms with E-state index in [1.807, 2.05) is 0 Å². The van der Waals surface area contributed by atoms with Crippen molar-refractivity contribution in [3.8, 4) is 0 Å². The number of phosphoric acid groups is 1. The first-order valence-corrected chi connectivity index (χ1v) is 13.2. The summed E-state index contributed by atoms with van der Waals surface area (Å²) in [5.41, 5.74) is 11.0. The maximum Gasteiger partial charge on any atom is 0.510 e. The molecule has 0 radical (unpaired) electrons. The summed E-state index contributed by atoms with van der Waals surface area (Å²) in [5.74, 6) is -0.168. The van der Waals surface area contributed by atoms with E-state index in [1.54, 1.807) is 0 Å². The van der Waals surface area contributed by atoms with E-state index in [9.17, 15) is 24.1 Å². The Morgan fingerprint density at radius 3 is 2.27 bits per heavy atom. The number of nitrogen functional groups attached to an aromatic ring is 1. The van der Waals surface area contributed by atoms with E-state index < -0.39 is 88.9 Å². The van der Waals surface area contributed by atoms with Gasteiger partial charge in [0.05, 0.1) is 25.4 Å². The van der Waals surface area contributed by atoms with Crippen molar-refractivity contribution in [3.05, 3.63) is 33.2 Å². The molecule has 0 aromatic carbocycles. The van der Waals surface area contributed by atoms with Gasteiger partial charge in [0, 0.05) is 11.1 Å². The zero-order valence-corrected chi connectivity index (χ0v) is 23.2. The number of halogens is 1. The third-order valence-electron chi connectivity index (χ3n) is 4.90. The number of phosphoric ester groups is 1. The minimum Gasteiger partial charge on any atom is -0.432 e. The summed E-state index contributed by atoms with van der Waals surface area (Å²) < 4.78 is 68.4. The monoisotopic (exact) mass is 612 g/mol. The van der Waals surface area contributed by atoms with Gasteiger partial charge in [-0.3, -0.25) is 9.09 Å². The van der Waals surface area contributed by atoms with E-state index in [0.29, 0.717) is 4.57 Å². The summed E-state index contributed by atoms with van der Waals surface area (Å²) in [6, 6.07) is 1.16. The van der Waals surface area contributed by atoms with Crippen molar-refractivity contribution >= 4 is 26.0 Å². The Kier molecular flexibility index (Phi) is 12.3. The first-order valence-electron chi connectivity index (χ1n) is 11.8. The molecule has 0 aliphatic carbocycles. The zero-order valence-electron chi connectivity index (χ0n) is 22.4. The van der Waals surface area contributed by atoms with Gasteiger partial charge in [-0.25, -0.2) is 32.4 Å². The van der Waals surface area contributed by atoms with Crippen LogP contribution in [0.25, 0.3) is 10.4 Å². The van der Waals surface area contributed by atoms with Crippen molar-refractivity contribution in [2.75, 3.05) is 32.5 Å². The van der Waals surface area contributed by atoms with Gasteiger partial charge in [-0.1, -0.05) is 5.11 Å². The fourth-order valence-corrected chi connectivity index (χ4v) is 4.09. The van der Waals surface area contributed by atoms with Gasteiger partial charge in [0.15, 0.2) is 12.4 Å². The van der Waals surface area contributed by atoms with Crippen LogP contribution in [0.5, 0.6) is 0 Å². The SMILES string of the molecule is CC(C)OC(=O)OCOP(=O)(OCOC(=O)OC(C)C)OC[C@@]1(CN=[N+]=[N-])OC(n2ccc(N)nc2=O)[C@H](F)[C@@H]1O. The van der Waals surface area contributed by atoms with Crippen LogP contribution in [0.2, 0.25) is 0 Å². The highest BCUT2D eigenvalue weighted by Gasteiger charge is 2.57. The largest absolute Gasteiger partial charge is 0.510 e. The molecular formula is C20H30FN6O13P. The van der Waals surface area contributed by atoms with Gasteiger partial charge in [0.25, 0.3) is 0 Å². The minimum atomic E-state index is -4.89. The van der Waals surface area contributed by atoms with Gasteiger partial charge in [-0.15, -0.1) is 0 Å². The van der Waals surface area contributed by atoms with E-state index >= 15 is 4.39 Å². The average Bonchev–Trinajstić information content (AvgIpc) is 3.11. The number of aliphatic hydroxyl groups is 1. The van der Waals surface area contributed by atoms with E-state index in [1.165, 1.54) is 27.7 Å². The fourth-order valence-electron chi connectivity index (χ4n) is 3.13. The predicted molar refractivity (Wildman–Crippen MR) is 132 cm³/mol. The van der Waals surface area contributed by atoms with Crippen molar-refractivity contribution in [2.45, 2.75) is 64.0 Å². The molecule has 1 aliphatic rings. The second kappa shape index (κ2) is 14.9. The van der Waals surface area contributed by atoms with Crippen LogP contribution in [0.3, 0.4) is 0 Å². The lowest BCUT2D eigenvalue weighted by molar-refractivity contribution is -0.125. The molecule has 2 heterocycles. The third-order valence-corrected chi connectivity index (χ3v) is 6.19. The molecule has 2 rings (SSSR count). The Hall–Kier alpha value is -3.51. The standard InChI is InChI=1S/C20H30FN6O13P/c1-11(2)38-18(30)33-9-36-41(32,37-10-34-19(31)39-12(3)4)35-8-20(7-24-26-23)15(28)14(21)16(40-20)27-6-5-13(22)25-17(27)29/h5-6,11-12,14-16,28H,7-10H2,1-4H3,(H2,22,25,29)/t14-,15+,16?,20-/m1/s1. The lowest BCUT2D eigenvalue weighted by atomic mass is 9.97. The van der Waals surface area contributed by atoms with Gasteiger partial charge in [0.2, 0.25) is 13.6 Å². The van der Waals surface area contributed by atoms with Gasteiger partial charge < -0.3 is 34.5 Å². The molecule has 0 bridgehead atoms. The minimum absolute atomic E-state index is 0.168. The number of nitrogens with zero attached hydrogens (tertiary/aromatic N) is 5. The number of aromatic nitrogens is 2. The number of alkyl halides is 1. The van der Waals surface area contributed by atoms with Crippen molar-refractivity contribution in [1.29, 1.82) is 0 Å².